The minimum atomic E-state index is 0.0279. The number of pyridine rings is 1. The Morgan fingerprint density at radius 1 is 1.62 bits per heavy atom. The van der Waals surface area contributed by atoms with Crippen LogP contribution in [-0.2, 0) is 0 Å². The van der Waals surface area contributed by atoms with Crippen LogP contribution < -0.4 is 10.6 Å². The van der Waals surface area contributed by atoms with E-state index in [0.29, 0.717) is 5.69 Å². The molecule has 3 N–H and O–H groups in total. The molecule has 6 heteroatoms. The number of nitrogens with two attached hydrogens (primary N) is 1. The van der Waals surface area contributed by atoms with E-state index in [2.05, 4.69) is 16.4 Å². The smallest absolute Gasteiger partial charge is 0.188 e. The Kier molecular flexibility index (Phi) is 4.91. The Hall–Kier alpha value is -1.43. The van der Waals surface area contributed by atoms with Gasteiger partial charge in [0.25, 0.3) is 0 Å². The van der Waals surface area contributed by atoms with Crippen LogP contribution in [0.15, 0.2) is 23.4 Å². The van der Waals surface area contributed by atoms with Gasteiger partial charge in [-0.05, 0) is 18.4 Å². The molecule has 88 valence electrons. The Labute approximate surface area is 99.3 Å². The summed E-state index contributed by atoms with van der Waals surface area (Å²) in [5.74, 6) is 1.88. The summed E-state index contributed by atoms with van der Waals surface area (Å²) in [7, 11) is 1.97. The summed E-state index contributed by atoms with van der Waals surface area (Å²) >= 11 is 1.78. The molecule has 0 atom stereocenters. The minimum Gasteiger partial charge on any atom is -0.409 e. The molecule has 0 radical (unpaired) electrons. The Morgan fingerprint density at radius 2 is 2.38 bits per heavy atom. The molecule has 1 heterocycles. The van der Waals surface area contributed by atoms with Gasteiger partial charge in [-0.15, -0.1) is 0 Å². The van der Waals surface area contributed by atoms with Gasteiger partial charge in [-0.25, -0.2) is 4.98 Å². The predicted molar refractivity (Wildman–Crippen MR) is 68.4 cm³/mol. The van der Waals surface area contributed by atoms with Crippen molar-refractivity contribution in [2.24, 2.45) is 10.9 Å². The van der Waals surface area contributed by atoms with Crippen molar-refractivity contribution >= 4 is 23.4 Å². The molecular formula is C10H16N4OS. The first-order valence-corrected chi connectivity index (χ1v) is 6.23. The molecule has 0 saturated heterocycles. The lowest BCUT2D eigenvalue weighted by molar-refractivity contribution is 0.318. The summed E-state index contributed by atoms with van der Waals surface area (Å²) in [6.45, 7) is 0.911. The third-order valence-electron chi connectivity index (χ3n) is 2.13. The molecule has 0 aliphatic carbocycles. The highest BCUT2D eigenvalue weighted by Gasteiger charge is 2.05. The van der Waals surface area contributed by atoms with E-state index in [1.54, 1.807) is 17.8 Å². The summed E-state index contributed by atoms with van der Waals surface area (Å²) in [5, 5.41) is 11.5. The van der Waals surface area contributed by atoms with Gasteiger partial charge in [0.05, 0.1) is 0 Å². The predicted octanol–water partition coefficient (Wildman–Crippen LogP) is 0.975. The van der Waals surface area contributed by atoms with Gasteiger partial charge in [0.15, 0.2) is 5.84 Å². The highest BCUT2D eigenvalue weighted by Crippen LogP contribution is 2.10. The van der Waals surface area contributed by atoms with Crippen molar-refractivity contribution in [2.45, 2.75) is 0 Å². The van der Waals surface area contributed by atoms with E-state index < -0.39 is 0 Å². The zero-order valence-electron chi connectivity index (χ0n) is 9.42. The molecule has 0 spiro atoms. The maximum Gasteiger partial charge on any atom is 0.188 e. The molecular weight excluding hydrogens is 224 g/mol. The number of oxime groups is 1. The lowest BCUT2D eigenvalue weighted by atomic mass is 10.3. The minimum absolute atomic E-state index is 0.0279. The Morgan fingerprint density at radius 3 is 3.00 bits per heavy atom. The first-order valence-electron chi connectivity index (χ1n) is 4.84. The van der Waals surface area contributed by atoms with Crippen molar-refractivity contribution in [1.82, 2.24) is 4.98 Å². The van der Waals surface area contributed by atoms with Crippen LogP contribution >= 0.6 is 11.8 Å². The molecule has 0 fully saturated rings. The average molecular weight is 240 g/mol. The van der Waals surface area contributed by atoms with Gasteiger partial charge in [0.2, 0.25) is 0 Å². The van der Waals surface area contributed by atoms with Crippen LogP contribution in [0.2, 0.25) is 0 Å². The number of anilines is 1. The molecule has 1 aromatic rings. The highest BCUT2D eigenvalue weighted by molar-refractivity contribution is 7.98. The van der Waals surface area contributed by atoms with Gasteiger partial charge >= 0.3 is 0 Å². The second-order valence-electron chi connectivity index (χ2n) is 3.28. The molecule has 0 unspecified atom stereocenters. The van der Waals surface area contributed by atoms with Gasteiger partial charge in [-0.1, -0.05) is 11.2 Å². The first kappa shape index (κ1) is 12.6. The third kappa shape index (κ3) is 3.30. The lowest BCUT2D eigenvalue weighted by Crippen LogP contribution is -2.23. The molecule has 1 rings (SSSR count). The van der Waals surface area contributed by atoms with Crippen molar-refractivity contribution in [3.05, 3.63) is 23.9 Å². The zero-order valence-corrected chi connectivity index (χ0v) is 10.2. The van der Waals surface area contributed by atoms with Crippen molar-refractivity contribution in [3.63, 3.8) is 0 Å². The van der Waals surface area contributed by atoms with Gasteiger partial charge in [-0.2, -0.15) is 11.8 Å². The molecule has 0 saturated carbocycles. The topological polar surface area (TPSA) is 74.7 Å². The maximum absolute atomic E-state index is 8.57. The van der Waals surface area contributed by atoms with Crippen molar-refractivity contribution in [1.29, 1.82) is 0 Å². The summed E-state index contributed by atoms with van der Waals surface area (Å²) < 4.78 is 0. The number of aromatic nitrogens is 1. The Balaban J connectivity index is 2.81. The second-order valence-corrected chi connectivity index (χ2v) is 4.27. The van der Waals surface area contributed by atoms with E-state index in [4.69, 9.17) is 10.9 Å². The molecule has 0 bridgehead atoms. The van der Waals surface area contributed by atoms with Gasteiger partial charge in [-0.3, -0.25) is 0 Å². The largest absolute Gasteiger partial charge is 0.409 e. The first-order chi connectivity index (χ1) is 7.69. The van der Waals surface area contributed by atoms with Crippen LogP contribution in [0.3, 0.4) is 0 Å². The number of amidine groups is 1. The van der Waals surface area contributed by atoms with Gasteiger partial charge in [0, 0.05) is 19.3 Å². The SMILES string of the molecule is CSCCN(C)c1cccc(/C(N)=N/O)n1. The summed E-state index contributed by atoms with van der Waals surface area (Å²) in [5.41, 5.74) is 5.96. The normalized spacial score (nSPS) is 11.5. The number of nitrogens with zero attached hydrogens (tertiary/aromatic N) is 3. The van der Waals surface area contributed by atoms with E-state index in [9.17, 15) is 0 Å². The fourth-order valence-corrected chi connectivity index (χ4v) is 1.63. The number of thioether (sulfide) groups is 1. The van der Waals surface area contributed by atoms with Crippen molar-refractivity contribution in [3.8, 4) is 0 Å². The van der Waals surface area contributed by atoms with E-state index in [-0.39, 0.29) is 5.84 Å². The van der Waals surface area contributed by atoms with Crippen molar-refractivity contribution < 1.29 is 5.21 Å². The van der Waals surface area contributed by atoms with Crippen molar-refractivity contribution in [2.75, 3.05) is 30.5 Å². The number of hydrogen-bond donors (Lipinski definition) is 2. The monoisotopic (exact) mass is 240 g/mol. The standard InChI is InChI=1S/C10H16N4OS/c1-14(6-7-16-2)9-5-3-4-8(12-9)10(11)13-15/h3-5,15H,6-7H2,1-2H3,(H2,11,13). The molecule has 16 heavy (non-hydrogen) atoms. The van der Waals surface area contributed by atoms with Gasteiger partial charge in [0.1, 0.15) is 11.5 Å². The summed E-state index contributed by atoms with van der Waals surface area (Å²) in [6, 6.07) is 5.45. The van der Waals surface area contributed by atoms with Crippen LogP contribution in [0, 0.1) is 0 Å². The van der Waals surface area contributed by atoms with Crippen LogP contribution in [0.25, 0.3) is 0 Å². The van der Waals surface area contributed by atoms with Gasteiger partial charge < -0.3 is 15.8 Å². The van der Waals surface area contributed by atoms with E-state index in [1.165, 1.54) is 0 Å². The van der Waals surface area contributed by atoms with E-state index >= 15 is 0 Å². The lowest BCUT2D eigenvalue weighted by Gasteiger charge is -2.17. The summed E-state index contributed by atoms with van der Waals surface area (Å²) in [4.78, 5) is 6.33. The molecule has 5 nitrogen and oxygen atoms in total. The van der Waals surface area contributed by atoms with Crippen LogP contribution in [0.1, 0.15) is 5.69 Å². The summed E-state index contributed by atoms with van der Waals surface area (Å²) in [6.07, 6.45) is 2.06. The van der Waals surface area contributed by atoms with Crippen LogP contribution in [0.4, 0.5) is 5.82 Å². The molecule has 0 aliphatic rings. The van der Waals surface area contributed by atoms with Crippen LogP contribution in [0.5, 0.6) is 0 Å². The second kappa shape index (κ2) is 6.22. The molecule has 1 aromatic heterocycles. The number of hydrogen-bond acceptors (Lipinski definition) is 5. The maximum atomic E-state index is 8.57. The average Bonchev–Trinajstić information content (AvgIpc) is 2.35. The highest BCUT2D eigenvalue weighted by atomic mass is 32.2. The quantitative estimate of drug-likeness (QED) is 0.347. The Bertz CT molecular complexity index is 370. The fourth-order valence-electron chi connectivity index (χ4n) is 1.17. The molecule has 0 amide bonds. The molecule has 0 aliphatic heterocycles. The van der Waals surface area contributed by atoms with E-state index in [1.807, 2.05) is 24.1 Å². The van der Waals surface area contributed by atoms with Crippen LogP contribution in [-0.4, -0.2) is 41.6 Å². The molecule has 0 aromatic carbocycles. The van der Waals surface area contributed by atoms with E-state index in [0.717, 1.165) is 18.1 Å². The fraction of sp³-hybridized carbons (Fsp3) is 0.400. The third-order valence-corrected chi connectivity index (χ3v) is 2.72. The number of rotatable bonds is 5. The zero-order chi connectivity index (χ0) is 12.0.